The Bertz CT molecular complexity index is 884. The van der Waals surface area contributed by atoms with E-state index >= 15 is 0 Å². The van der Waals surface area contributed by atoms with Crippen molar-refractivity contribution in [2.75, 3.05) is 19.0 Å². The van der Waals surface area contributed by atoms with Crippen LogP contribution in [0.15, 0.2) is 17.5 Å². The number of urea groups is 1. The van der Waals surface area contributed by atoms with E-state index in [0.717, 1.165) is 44.0 Å². The Morgan fingerprint density at radius 3 is 2.68 bits per heavy atom. The van der Waals surface area contributed by atoms with E-state index in [4.69, 9.17) is 25.8 Å². The summed E-state index contributed by atoms with van der Waals surface area (Å²) in [5.74, 6) is 1.61. The number of hydroxylamine groups is 1. The van der Waals surface area contributed by atoms with E-state index in [2.05, 4.69) is 32.2 Å². The Kier molecular flexibility index (Phi) is 10.9. The first-order valence-electron chi connectivity index (χ1n) is 12.3. The molecule has 0 saturated carbocycles. The summed E-state index contributed by atoms with van der Waals surface area (Å²) >= 11 is 0. The Morgan fingerprint density at radius 2 is 2.09 bits per heavy atom. The van der Waals surface area contributed by atoms with E-state index in [1.54, 1.807) is 14.0 Å². The number of carbonyl (C=O) groups excluding carboxylic acids is 1. The molecule has 0 fully saturated rings. The van der Waals surface area contributed by atoms with Crippen molar-refractivity contribution < 1.29 is 19.5 Å². The second-order valence-corrected chi connectivity index (χ2v) is 9.39. The van der Waals surface area contributed by atoms with Crippen molar-refractivity contribution >= 4 is 17.9 Å². The second kappa shape index (κ2) is 13.3. The number of aryl methyl sites for hydroxylation is 2. The van der Waals surface area contributed by atoms with Gasteiger partial charge in [0.2, 0.25) is 0 Å². The fourth-order valence-electron chi connectivity index (χ4n) is 4.73. The second-order valence-electron chi connectivity index (χ2n) is 9.39. The van der Waals surface area contributed by atoms with Crippen molar-refractivity contribution in [3.05, 3.63) is 39.8 Å². The highest BCUT2D eigenvalue weighted by Gasteiger charge is 2.28. The predicted octanol–water partition coefficient (Wildman–Crippen LogP) is 5.03. The van der Waals surface area contributed by atoms with Crippen LogP contribution in [0.25, 0.3) is 0 Å². The Hall–Kier alpha value is -2.58. The lowest BCUT2D eigenvalue weighted by Gasteiger charge is -2.20. The van der Waals surface area contributed by atoms with E-state index in [0.29, 0.717) is 24.2 Å². The molecule has 3 unspecified atom stereocenters. The summed E-state index contributed by atoms with van der Waals surface area (Å²) in [6.45, 7) is 8.67. The smallest absolute Gasteiger partial charge is 0.316 e. The van der Waals surface area contributed by atoms with Crippen molar-refractivity contribution in [1.82, 2.24) is 5.48 Å². The maximum Gasteiger partial charge on any atom is 0.316 e. The van der Waals surface area contributed by atoms with E-state index in [1.807, 2.05) is 5.48 Å². The van der Waals surface area contributed by atoms with E-state index < -0.39 is 6.03 Å². The number of nitrogens with one attached hydrogen (secondary N) is 3. The van der Waals surface area contributed by atoms with Gasteiger partial charge in [0.1, 0.15) is 18.1 Å². The number of benzene rings is 1. The van der Waals surface area contributed by atoms with Gasteiger partial charge in [0, 0.05) is 19.0 Å². The molecule has 2 aliphatic rings. The van der Waals surface area contributed by atoms with Crippen LogP contribution in [0.2, 0.25) is 0 Å². The van der Waals surface area contributed by atoms with Gasteiger partial charge in [-0.25, -0.2) is 4.79 Å². The summed E-state index contributed by atoms with van der Waals surface area (Å²) in [5, 5.41) is 18.7. The molecule has 0 spiro atoms. The van der Waals surface area contributed by atoms with Gasteiger partial charge in [-0.15, -0.1) is 0 Å². The van der Waals surface area contributed by atoms with Gasteiger partial charge in [0.05, 0.1) is 6.10 Å². The lowest BCUT2D eigenvalue weighted by Crippen LogP contribution is -2.22. The number of ether oxygens (including phenoxy) is 2. The summed E-state index contributed by atoms with van der Waals surface area (Å²) in [6, 6.07) is 1.92. The van der Waals surface area contributed by atoms with Gasteiger partial charge >= 0.3 is 6.03 Å². The maximum absolute atomic E-state index is 11.2. The lowest BCUT2D eigenvalue weighted by molar-refractivity contribution is 0.0181. The number of rotatable bonds is 10. The van der Waals surface area contributed by atoms with Crippen LogP contribution in [-0.2, 0) is 28.7 Å². The van der Waals surface area contributed by atoms with Gasteiger partial charge < -0.3 is 25.9 Å². The molecule has 3 rings (SSSR count). The van der Waals surface area contributed by atoms with Gasteiger partial charge in [-0.1, -0.05) is 33.3 Å². The van der Waals surface area contributed by atoms with Crippen molar-refractivity contribution in [1.29, 1.82) is 5.41 Å². The third-order valence-corrected chi connectivity index (χ3v) is 6.94. The normalized spacial score (nSPS) is 18.5. The zero-order chi connectivity index (χ0) is 25.3. The van der Waals surface area contributed by atoms with Crippen LogP contribution in [0.1, 0.15) is 81.5 Å². The first kappa shape index (κ1) is 27.7. The largest absolute Gasteiger partial charge is 0.493 e. The number of carbonyl (C=O) groups is 1. The highest BCUT2D eigenvalue weighted by Crippen LogP contribution is 2.43. The number of allylic oxidation sites excluding steroid dienone is 2. The topological polar surface area (TPSA) is 130 Å². The number of hydrogen-bond donors (Lipinski definition) is 5. The molecule has 0 heterocycles. The van der Waals surface area contributed by atoms with Gasteiger partial charge in [-0.2, -0.15) is 0 Å². The quantitative estimate of drug-likeness (QED) is 0.184. The molecule has 1 aromatic rings. The first-order chi connectivity index (χ1) is 16.2. The molecule has 0 aromatic heterocycles. The molecule has 8 heteroatoms. The third-order valence-electron chi connectivity index (χ3n) is 6.94. The van der Waals surface area contributed by atoms with Crippen LogP contribution < -0.4 is 16.5 Å². The minimum absolute atomic E-state index is 0.0329. The number of anilines is 1. The summed E-state index contributed by atoms with van der Waals surface area (Å²) in [6.07, 6.45) is 8.82. The van der Waals surface area contributed by atoms with Gasteiger partial charge in [-0.3, -0.25) is 10.7 Å². The molecule has 0 aliphatic heterocycles. The number of primary amides is 1. The Balaban J connectivity index is 0.000000240. The van der Waals surface area contributed by atoms with Gasteiger partial charge in [0.15, 0.2) is 0 Å². The molecule has 0 radical (unpaired) electrons. The maximum atomic E-state index is 11.2. The number of methoxy groups -OCH3 is 1. The zero-order valence-corrected chi connectivity index (χ0v) is 21.3. The van der Waals surface area contributed by atoms with Crippen molar-refractivity contribution in [2.24, 2.45) is 11.7 Å². The minimum atomic E-state index is -0.438. The summed E-state index contributed by atoms with van der Waals surface area (Å²) in [5.41, 5.74) is 14.0. The molecule has 2 amide bonds. The fourth-order valence-corrected chi connectivity index (χ4v) is 4.73. The molecular weight excluding hydrogens is 432 g/mol. The molecule has 0 bridgehead atoms. The van der Waals surface area contributed by atoms with Crippen molar-refractivity contribution in [3.8, 4) is 0 Å². The number of nitrogens with two attached hydrogens (primary N) is 1. The predicted molar refractivity (Wildman–Crippen MR) is 136 cm³/mol. The average molecular weight is 475 g/mol. The van der Waals surface area contributed by atoms with E-state index in [-0.39, 0.29) is 11.8 Å². The van der Waals surface area contributed by atoms with Crippen LogP contribution in [0.4, 0.5) is 10.5 Å². The molecule has 190 valence electrons. The Labute approximate surface area is 203 Å². The van der Waals surface area contributed by atoms with Crippen LogP contribution in [0, 0.1) is 11.3 Å². The monoisotopic (exact) mass is 474 g/mol. The molecule has 1 aromatic carbocycles. The minimum Gasteiger partial charge on any atom is -0.493 e. The molecule has 3 atom stereocenters. The van der Waals surface area contributed by atoms with Gasteiger partial charge in [-0.05, 0) is 79.5 Å². The summed E-state index contributed by atoms with van der Waals surface area (Å²) in [4.78, 5) is 11.2. The number of fused-ring (bicyclic) bond motifs is 2. The highest BCUT2D eigenvalue weighted by atomic mass is 16.5. The first-order valence-corrected chi connectivity index (χ1v) is 12.3. The SMILES string of the molecule is CC1CCc2cc3c(c(NC(N)=O)c21)CCC3.CCC(C)CC(CO/C(C)=C(/C=N)NO)OC. The molecule has 0 saturated heterocycles. The van der Waals surface area contributed by atoms with Crippen LogP contribution in [0.5, 0.6) is 0 Å². The summed E-state index contributed by atoms with van der Waals surface area (Å²) < 4.78 is 10.8. The molecular formula is C26H42N4O4. The number of amides is 2. The highest BCUT2D eigenvalue weighted by molar-refractivity contribution is 5.91. The standard InChI is InChI=1S/C14H18N2O.C12H24N2O3/c1-8-5-6-10-7-9-3-2-4-11(9)13(12(8)10)16-14(15)17;1-5-9(2)6-11(16-4)8-17-10(3)12(7-13)14-15/h7-8H,2-6H2,1H3,(H3,15,16,17);7,9,11,13-15H,5-6,8H2,1-4H3/b;12-10-,13-7?. The fraction of sp³-hybridized carbons (Fsp3) is 0.615. The van der Waals surface area contributed by atoms with Crippen molar-refractivity contribution in [3.63, 3.8) is 0 Å². The summed E-state index contributed by atoms with van der Waals surface area (Å²) in [7, 11) is 1.66. The Morgan fingerprint density at radius 1 is 1.35 bits per heavy atom. The van der Waals surface area contributed by atoms with E-state index in [1.165, 1.54) is 35.1 Å². The van der Waals surface area contributed by atoms with Crippen LogP contribution >= 0.6 is 0 Å². The molecule has 8 nitrogen and oxygen atoms in total. The number of hydrogen-bond acceptors (Lipinski definition) is 6. The van der Waals surface area contributed by atoms with Crippen LogP contribution in [-0.4, -0.2) is 37.3 Å². The molecule has 2 aliphatic carbocycles. The lowest BCUT2D eigenvalue weighted by atomic mass is 9.95. The average Bonchev–Trinajstić information content (AvgIpc) is 3.44. The molecule has 6 N–H and O–H groups in total. The van der Waals surface area contributed by atoms with E-state index in [9.17, 15) is 4.79 Å². The zero-order valence-electron chi connectivity index (χ0n) is 21.3. The van der Waals surface area contributed by atoms with Crippen LogP contribution in [0.3, 0.4) is 0 Å². The van der Waals surface area contributed by atoms with Gasteiger partial charge in [0.25, 0.3) is 0 Å². The molecule has 34 heavy (non-hydrogen) atoms. The third kappa shape index (κ3) is 7.21. The van der Waals surface area contributed by atoms with Crippen molar-refractivity contribution in [2.45, 2.75) is 84.7 Å².